The van der Waals surface area contributed by atoms with Crippen molar-refractivity contribution < 1.29 is 32.6 Å². The molecule has 1 heterocycles. The monoisotopic (exact) mass is 511 g/mol. The summed E-state index contributed by atoms with van der Waals surface area (Å²) in [5.41, 5.74) is 1.59. The van der Waals surface area contributed by atoms with Gasteiger partial charge in [-0.05, 0) is 41.8 Å². The molecule has 0 aliphatic heterocycles. The molecule has 0 bridgehead atoms. The molecule has 1 N–H and O–H groups in total. The molecule has 11 heteroatoms. The number of ether oxygens (including phenoxy) is 1. The number of rotatable bonds is 9. The van der Waals surface area contributed by atoms with Crippen molar-refractivity contribution >= 4 is 22.7 Å². The van der Waals surface area contributed by atoms with Crippen molar-refractivity contribution in [3.63, 3.8) is 0 Å². The van der Waals surface area contributed by atoms with Crippen LogP contribution in [0.1, 0.15) is 23.2 Å². The Bertz CT molecular complexity index is 1480. The Labute approximate surface area is 207 Å². The molecule has 0 saturated heterocycles. The lowest BCUT2D eigenvalue weighted by Gasteiger charge is -2.13. The summed E-state index contributed by atoms with van der Waals surface area (Å²) in [5.74, 6) is -2.97. The predicted molar refractivity (Wildman–Crippen MR) is 127 cm³/mol. The van der Waals surface area contributed by atoms with Gasteiger partial charge in [0.15, 0.2) is 5.78 Å². The highest BCUT2D eigenvalue weighted by Crippen LogP contribution is 2.27. The molecule has 1 aromatic heterocycles. The molecule has 0 aliphatic rings. The maximum Gasteiger partial charge on any atom is 0.573 e. The summed E-state index contributed by atoms with van der Waals surface area (Å²) in [6, 6.07) is 18.2. The SMILES string of the molecule is O=C(CC(CCn1nnc2ccccc2c1=O)C(=O)O)c1ccc(-c2ccc(OC(F)(F)F)cc2)cc1. The standard InChI is InChI=1S/C26H20F3N3O5/c27-26(28,29)37-20-11-9-17(10-12-20)16-5-7-18(8-6-16)23(33)15-19(25(35)36)13-14-32-24(34)21-3-1-2-4-22(21)30-31-32/h1-12,19H,13-15H2,(H,35,36). The number of carbonyl (C=O) groups is 2. The molecule has 1 atom stereocenters. The molecule has 3 aromatic carbocycles. The van der Waals surface area contributed by atoms with E-state index in [9.17, 15) is 32.7 Å². The van der Waals surface area contributed by atoms with Gasteiger partial charge in [-0.25, -0.2) is 4.68 Å². The van der Waals surface area contributed by atoms with Gasteiger partial charge in [0.2, 0.25) is 0 Å². The van der Waals surface area contributed by atoms with E-state index in [1.165, 1.54) is 36.4 Å². The summed E-state index contributed by atoms with van der Waals surface area (Å²) in [5, 5.41) is 17.8. The molecule has 1 unspecified atom stereocenters. The molecule has 4 aromatic rings. The van der Waals surface area contributed by atoms with Gasteiger partial charge < -0.3 is 9.84 Å². The molecule has 0 saturated carbocycles. The number of benzene rings is 3. The largest absolute Gasteiger partial charge is 0.573 e. The zero-order valence-electron chi connectivity index (χ0n) is 19.2. The van der Waals surface area contributed by atoms with E-state index in [1.807, 2.05) is 0 Å². The number of hydrogen-bond acceptors (Lipinski definition) is 6. The number of fused-ring (bicyclic) bond motifs is 1. The van der Waals surface area contributed by atoms with E-state index in [2.05, 4.69) is 15.0 Å². The highest BCUT2D eigenvalue weighted by molar-refractivity contribution is 5.98. The lowest BCUT2D eigenvalue weighted by molar-refractivity contribution is -0.274. The lowest BCUT2D eigenvalue weighted by Crippen LogP contribution is -2.27. The number of aromatic nitrogens is 3. The number of hydrogen-bond donors (Lipinski definition) is 1. The van der Waals surface area contributed by atoms with Crippen LogP contribution in [0.15, 0.2) is 77.6 Å². The molecular formula is C26H20F3N3O5. The highest BCUT2D eigenvalue weighted by atomic mass is 19.4. The number of ketones is 1. The van der Waals surface area contributed by atoms with Crippen LogP contribution in [0.3, 0.4) is 0 Å². The second-order valence-corrected chi connectivity index (χ2v) is 8.24. The van der Waals surface area contributed by atoms with Crippen LogP contribution in [0.25, 0.3) is 22.0 Å². The van der Waals surface area contributed by atoms with Crippen molar-refractivity contribution in [2.75, 3.05) is 0 Å². The quantitative estimate of drug-likeness (QED) is 0.324. The fourth-order valence-electron chi connectivity index (χ4n) is 3.80. The lowest BCUT2D eigenvalue weighted by atomic mass is 9.94. The number of Topliss-reactive ketones (excluding diaryl/α,β-unsaturated/α-hetero) is 1. The first-order valence-corrected chi connectivity index (χ1v) is 11.2. The molecule has 0 radical (unpaired) electrons. The summed E-state index contributed by atoms with van der Waals surface area (Å²) in [6.45, 7) is -0.0199. The van der Waals surface area contributed by atoms with Crippen molar-refractivity contribution in [2.45, 2.75) is 25.7 Å². The Kier molecular flexibility index (Phi) is 7.32. The molecule has 0 amide bonds. The first-order valence-electron chi connectivity index (χ1n) is 11.2. The summed E-state index contributed by atoms with van der Waals surface area (Å²) in [6.07, 6.45) is -5.07. The smallest absolute Gasteiger partial charge is 0.481 e. The zero-order chi connectivity index (χ0) is 26.6. The van der Waals surface area contributed by atoms with Crippen LogP contribution in [0.5, 0.6) is 5.75 Å². The Hall–Kier alpha value is -4.54. The van der Waals surface area contributed by atoms with Crippen LogP contribution in [0, 0.1) is 5.92 Å². The third-order valence-corrected chi connectivity index (χ3v) is 5.73. The third-order valence-electron chi connectivity index (χ3n) is 5.73. The summed E-state index contributed by atoms with van der Waals surface area (Å²) >= 11 is 0. The van der Waals surface area contributed by atoms with Gasteiger partial charge in [-0.15, -0.1) is 18.3 Å². The molecule has 37 heavy (non-hydrogen) atoms. The number of aliphatic carboxylic acids is 1. The number of alkyl halides is 3. The van der Waals surface area contributed by atoms with Gasteiger partial charge in [0.1, 0.15) is 11.3 Å². The van der Waals surface area contributed by atoms with Crippen molar-refractivity contribution in [3.8, 4) is 16.9 Å². The number of carboxylic acids is 1. The van der Waals surface area contributed by atoms with E-state index < -0.39 is 29.6 Å². The molecule has 4 rings (SSSR count). The van der Waals surface area contributed by atoms with Gasteiger partial charge in [0.25, 0.3) is 5.56 Å². The highest BCUT2D eigenvalue weighted by Gasteiger charge is 2.31. The first kappa shape index (κ1) is 25.5. The average molecular weight is 511 g/mol. The number of nitrogens with zero attached hydrogens (tertiary/aromatic N) is 3. The minimum absolute atomic E-state index is 0.00156. The van der Waals surface area contributed by atoms with Crippen molar-refractivity contribution in [2.24, 2.45) is 5.92 Å². The predicted octanol–water partition coefficient (Wildman–Crippen LogP) is 4.72. The van der Waals surface area contributed by atoms with Gasteiger partial charge in [0, 0.05) is 18.5 Å². The molecule has 8 nitrogen and oxygen atoms in total. The van der Waals surface area contributed by atoms with Gasteiger partial charge in [-0.2, -0.15) is 0 Å². The fraction of sp³-hybridized carbons (Fsp3) is 0.192. The number of carboxylic acid groups (broad SMARTS) is 1. The second kappa shape index (κ2) is 10.6. The van der Waals surface area contributed by atoms with Gasteiger partial charge >= 0.3 is 12.3 Å². The van der Waals surface area contributed by atoms with E-state index in [0.29, 0.717) is 22.0 Å². The molecule has 0 aliphatic carbocycles. The Balaban J connectivity index is 1.41. The molecule has 0 spiro atoms. The summed E-state index contributed by atoms with van der Waals surface area (Å²) in [4.78, 5) is 37.1. The second-order valence-electron chi connectivity index (χ2n) is 8.24. The van der Waals surface area contributed by atoms with Crippen molar-refractivity contribution in [1.29, 1.82) is 0 Å². The number of halogens is 3. The Morgan fingerprint density at radius 2 is 1.57 bits per heavy atom. The third kappa shape index (κ3) is 6.37. The van der Waals surface area contributed by atoms with Crippen molar-refractivity contribution in [1.82, 2.24) is 15.0 Å². The van der Waals surface area contributed by atoms with Crippen molar-refractivity contribution in [3.05, 3.63) is 88.7 Å². The summed E-state index contributed by atoms with van der Waals surface area (Å²) in [7, 11) is 0. The molecule has 0 fully saturated rings. The maximum absolute atomic E-state index is 12.8. The van der Waals surface area contributed by atoms with E-state index in [4.69, 9.17) is 0 Å². The van der Waals surface area contributed by atoms with E-state index >= 15 is 0 Å². The molecule has 190 valence electrons. The van der Waals surface area contributed by atoms with E-state index in [-0.39, 0.29) is 30.7 Å². The van der Waals surface area contributed by atoms with E-state index in [0.717, 1.165) is 4.68 Å². The van der Waals surface area contributed by atoms with E-state index in [1.54, 1.807) is 36.4 Å². The maximum atomic E-state index is 12.8. The number of carbonyl (C=O) groups excluding carboxylic acids is 1. The Morgan fingerprint density at radius 1 is 0.946 bits per heavy atom. The van der Waals surface area contributed by atoms with Crippen LogP contribution in [-0.2, 0) is 11.3 Å². The zero-order valence-corrected chi connectivity index (χ0v) is 19.2. The topological polar surface area (TPSA) is 111 Å². The summed E-state index contributed by atoms with van der Waals surface area (Å²) < 4.78 is 41.9. The number of aryl methyl sites for hydroxylation is 1. The average Bonchev–Trinajstić information content (AvgIpc) is 2.87. The van der Waals surface area contributed by atoms with Gasteiger partial charge in [-0.1, -0.05) is 53.7 Å². The van der Waals surface area contributed by atoms with Gasteiger partial charge in [-0.3, -0.25) is 14.4 Å². The minimum Gasteiger partial charge on any atom is -0.481 e. The Morgan fingerprint density at radius 3 is 2.19 bits per heavy atom. The van der Waals surface area contributed by atoms with Crippen LogP contribution in [-0.4, -0.2) is 38.2 Å². The fourth-order valence-corrected chi connectivity index (χ4v) is 3.80. The normalized spacial score (nSPS) is 12.3. The van der Waals surface area contributed by atoms with Crippen LogP contribution >= 0.6 is 0 Å². The minimum atomic E-state index is -4.78. The van der Waals surface area contributed by atoms with Crippen LogP contribution < -0.4 is 10.3 Å². The molecular weight excluding hydrogens is 491 g/mol. The van der Waals surface area contributed by atoms with Gasteiger partial charge in [0.05, 0.1) is 11.3 Å². The van der Waals surface area contributed by atoms with Crippen LogP contribution in [0.2, 0.25) is 0 Å². The first-order chi connectivity index (χ1) is 17.6. The van der Waals surface area contributed by atoms with Crippen LogP contribution in [0.4, 0.5) is 13.2 Å².